The van der Waals surface area contributed by atoms with E-state index >= 15 is 0 Å². The van der Waals surface area contributed by atoms with Gasteiger partial charge in [0.1, 0.15) is 0 Å². The van der Waals surface area contributed by atoms with Crippen molar-refractivity contribution in [1.29, 1.82) is 0 Å². The van der Waals surface area contributed by atoms with Gasteiger partial charge in [-0.3, -0.25) is 4.79 Å². The number of hydrogen-bond acceptors (Lipinski definition) is 3. The summed E-state index contributed by atoms with van der Waals surface area (Å²) in [5.41, 5.74) is 2.30. The lowest BCUT2D eigenvalue weighted by atomic mass is 10.3. The number of benzene rings is 2. The van der Waals surface area contributed by atoms with Crippen molar-refractivity contribution in [1.82, 2.24) is 4.57 Å². The first-order chi connectivity index (χ1) is 12.0. The Kier molecular flexibility index (Phi) is 5.58. The lowest BCUT2D eigenvalue weighted by molar-refractivity contribution is -0.115. The van der Waals surface area contributed by atoms with Crippen LogP contribution in [0.2, 0.25) is 10.0 Å². The van der Waals surface area contributed by atoms with Crippen LogP contribution in [0.15, 0.2) is 58.9 Å². The molecule has 1 aromatic heterocycles. The summed E-state index contributed by atoms with van der Waals surface area (Å²) in [6.45, 7) is 0. The van der Waals surface area contributed by atoms with Crippen LogP contribution in [0.5, 0.6) is 0 Å². The minimum Gasteiger partial charge on any atom is -0.326 e. The fourth-order valence-electron chi connectivity index (χ4n) is 2.23. The van der Waals surface area contributed by atoms with Crippen molar-refractivity contribution in [3.63, 3.8) is 0 Å². The average molecular weight is 392 g/mol. The van der Waals surface area contributed by atoms with Gasteiger partial charge in [-0.05, 0) is 30.3 Å². The molecular weight excluding hydrogens is 377 g/mol. The SMILES string of the molecule is Cn1c(CC(=O)Nc2ccccc2)csc1=Nc1ccc(Cl)cc1Cl. The van der Waals surface area contributed by atoms with Crippen molar-refractivity contribution in [3.05, 3.63) is 74.5 Å². The van der Waals surface area contributed by atoms with Gasteiger partial charge >= 0.3 is 0 Å². The summed E-state index contributed by atoms with van der Waals surface area (Å²) in [5, 5.41) is 5.86. The van der Waals surface area contributed by atoms with E-state index in [2.05, 4.69) is 10.3 Å². The average Bonchev–Trinajstić information content (AvgIpc) is 2.91. The Morgan fingerprint density at radius 2 is 1.96 bits per heavy atom. The first kappa shape index (κ1) is 17.7. The van der Waals surface area contributed by atoms with E-state index < -0.39 is 0 Å². The number of thiazole rings is 1. The fraction of sp³-hybridized carbons (Fsp3) is 0.111. The van der Waals surface area contributed by atoms with E-state index in [0.29, 0.717) is 15.7 Å². The summed E-state index contributed by atoms with van der Waals surface area (Å²) in [6, 6.07) is 14.6. The topological polar surface area (TPSA) is 46.4 Å². The number of halogens is 2. The van der Waals surface area contributed by atoms with Crippen LogP contribution in [0.1, 0.15) is 5.69 Å². The molecule has 7 heteroatoms. The summed E-state index contributed by atoms with van der Waals surface area (Å²) in [4.78, 5) is 17.5. The van der Waals surface area contributed by atoms with E-state index in [-0.39, 0.29) is 12.3 Å². The van der Waals surface area contributed by atoms with E-state index in [1.807, 2.05) is 47.3 Å². The molecule has 0 bridgehead atoms. The first-order valence-electron chi connectivity index (χ1n) is 7.51. The van der Waals surface area contributed by atoms with E-state index in [0.717, 1.165) is 16.2 Å². The number of para-hydroxylation sites is 1. The Morgan fingerprint density at radius 3 is 2.68 bits per heavy atom. The molecule has 0 saturated heterocycles. The number of nitrogens with one attached hydrogen (secondary N) is 1. The second kappa shape index (κ2) is 7.87. The molecule has 128 valence electrons. The molecule has 0 aliphatic heterocycles. The van der Waals surface area contributed by atoms with E-state index in [4.69, 9.17) is 23.2 Å². The van der Waals surface area contributed by atoms with E-state index in [1.54, 1.807) is 18.2 Å². The number of amides is 1. The summed E-state index contributed by atoms with van der Waals surface area (Å²) < 4.78 is 1.89. The minimum absolute atomic E-state index is 0.0734. The van der Waals surface area contributed by atoms with Gasteiger partial charge in [-0.25, -0.2) is 4.99 Å². The molecule has 3 rings (SSSR count). The third-order valence-corrected chi connectivity index (χ3v) is 5.05. The summed E-state index contributed by atoms with van der Waals surface area (Å²) in [5.74, 6) is -0.0734. The van der Waals surface area contributed by atoms with Gasteiger partial charge in [-0.2, -0.15) is 0 Å². The van der Waals surface area contributed by atoms with E-state index in [1.165, 1.54) is 11.3 Å². The highest BCUT2D eigenvalue weighted by Gasteiger charge is 2.09. The predicted molar refractivity (Wildman–Crippen MR) is 104 cm³/mol. The van der Waals surface area contributed by atoms with Crippen LogP contribution < -0.4 is 10.1 Å². The van der Waals surface area contributed by atoms with Crippen molar-refractivity contribution in [2.45, 2.75) is 6.42 Å². The third kappa shape index (κ3) is 4.51. The van der Waals surface area contributed by atoms with Gasteiger partial charge in [0.2, 0.25) is 5.91 Å². The van der Waals surface area contributed by atoms with Gasteiger partial charge in [0.05, 0.1) is 17.1 Å². The van der Waals surface area contributed by atoms with Gasteiger partial charge in [-0.15, -0.1) is 11.3 Å². The summed E-state index contributed by atoms with van der Waals surface area (Å²) >= 11 is 13.5. The maximum absolute atomic E-state index is 12.2. The van der Waals surface area contributed by atoms with Gasteiger partial charge in [-0.1, -0.05) is 41.4 Å². The normalized spacial score (nSPS) is 11.6. The largest absolute Gasteiger partial charge is 0.326 e. The Hall–Kier alpha value is -2.08. The minimum atomic E-state index is -0.0734. The molecule has 0 radical (unpaired) electrons. The van der Waals surface area contributed by atoms with Crippen molar-refractivity contribution >= 4 is 51.8 Å². The smallest absolute Gasteiger partial charge is 0.230 e. The van der Waals surface area contributed by atoms with Crippen LogP contribution >= 0.6 is 34.5 Å². The van der Waals surface area contributed by atoms with Crippen LogP contribution in [0, 0.1) is 0 Å². The van der Waals surface area contributed by atoms with Crippen LogP contribution in [0.4, 0.5) is 11.4 Å². The standard InChI is InChI=1S/C18H15Cl2N3OS/c1-23-14(10-17(24)21-13-5-3-2-4-6-13)11-25-18(23)22-16-8-7-12(19)9-15(16)20/h2-9,11H,10H2,1H3,(H,21,24). The second-order valence-corrected chi connectivity index (χ2v) is 7.05. The number of anilines is 1. The highest BCUT2D eigenvalue weighted by atomic mass is 35.5. The molecule has 0 saturated carbocycles. The molecule has 4 nitrogen and oxygen atoms in total. The fourth-order valence-corrected chi connectivity index (χ4v) is 3.59. The van der Waals surface area contributed by atoms with Gasteiger partial charge < -0.3 is 9.88 Å². The van der Waals surface area contributed by atoms with Crippen LogP contribution in [-0.2, 0) is 18.3 Å². The molecule has 3 aromatic rings. The Bertz CT molecular complexity index is 964. The van der Waals surface area contributed by atoms with Gasteiger partial charge in [0.25, 0.3) is 0 Å². The zero-order valence-electron chi connectivity index (χ0n) is 13.4. The van der Waals surface area contributed by atoms with Gasteiger partial charge in [0.15, 0.2) is 4.80 Å². The molecule has 0 fully saturated rings. The Balaban J connectivity index is 1.79. The molecule has 2 aromatic carbocycles. The summed E-state index contributed by atoms with van der Waals surface area (Å²) in [6.07, 6.45) is 0.270. The molecule has 0 atom stereocenters. The highest BCUT2D eigenvalue weighted by molar-refractivity contribution is 7.07. The molecule has 0 aliphatic rings. The molecule has 1 heterocycles. The summed E-state index contributed by atoms with van der Waals surface area (Å²) in [7, 11) is 1.88. The first-order valence-corrected chi connectivity index (χ1v) is 9.14. The monoisotopic (exact) mass is 391 g/mol. The number of hydrogen-bond donors (Lipinski definition) is 1. The number of aromatic nitrogens is 1. The van der Waals surface area contributed by atoms with Crippen LogP contribution in [0.3, 0.4) is 0 Å². The maximum atomic E-state index is 12.2. The number of carbonyl (C=O) groups excluding carboxylic acids is 1. The zero-order valence-corrected chi connectivity index (χ0v) is 15.7. The molecule has 1 N–H and O–H groups in total. The number of nitrogens with zero attached hydrogens (tertiary/aromatic N) is 2. The third-order valence-electron chi connectivity index (χ3n) is 3.54. The lowest BCUT2D eigenvalue weighted by Crippen LogP contribution is -2.19. The number of carbonyl (C=O) groups is 1. The number of rotatable bonds is 4. The van der Waals surface area contributed by atoms with Crippen LogP contribution in [-0.4, -0.2) is 10.5 Å². The quantitative estimate of drug-likeness (QED) is 0.681. The molecule has 25 heavy (non-hydrogen) atoms. The highest BCUT2D eigenvalue weighted by Crippen LogP contribution is 2.27. The Labute approximate surface area is 159 Å². The van der Waals surface area contributed by atoms with E-state index in [9.17, 15) is 4.79 Å². The van der Waals surface area contributed by atoms with Crippen molar-refractivity contribution in [2.24, 2.45) is 12.0 Å². The second-order valence-electron chi connectivity index (χ2n) is 5.37. The molecule has 0 unspecified atom stereocenters. The maximum Gasteiger partial charge on any atom is 0.230 e. The van der Waals surface area contributed by atoms with Crippen molar-refractivity contribution < 1.29 is 4.79 Å². The van der Waals surface area contributed by atoms with Crippen LogP contribution in [0.25, 0.3) is 0 Å². The Morgan fingerprint density at radius 1 is 1.20 bits per heavy atom. The lowest BCUT2D eigenvalue weighted by Gasteiger charge is -2.05. The van der Waals surface area contributed by atoms with Crippen molar-refractivity contribution in [2.75, 3.05) is 5.32 Å². The molecule has 1 amide bonds. The molecule has 0 spiro atoms. The van der Waals surface area contributed by atoms with Gasteiger partial charge in [0, 0.05) is 28.8 Å². The molecule has 0 aliphatic carbocycles. The predicted octanol–water partition coefficient (Wildman–Crippen LogP) is 4.81. The zero-order chi connectivity index (χ0) is 17.8. The van der Waals surface area contributed by atoms with Crippen molar-refractivity contribution in [3.8, 4) is 0 Å². The molecular formula is C18H15Cl2N3OS.